The van der Waals surface area contributed by atoms with Crippen LogP contribution in [0.5, 0.6) is 0 Å². The van der Waals surface area contributed by atoms with Crippen LogP contribution in [0.1, 0.15) is 13.8 Å². The van der Waals surface area contributed by atoms with Crippen LogP contribution in [0, 0.1) is 0 Å². The summed E-state index contributed by atoms with van der Waals surface area (Å²) in [6, 6.07) is 0.722. The molecular formula is C5H8N2. The summed E-state index contributed by atoms with van der Waals surface area (Å²) in [4.78, 5) is 3.90. The second-order valence-corrected chi connectivity index (χ2v) is 1.84. The standard InChI is InChI=1S/C5H8N2/c1-4-5(2)7-3-6-4/h4-5H,1-2H3. The van der Waals surface area contributed by atoms with Gasteiger partial charge in [0.2, 0.25) is 0 Å². The molecule has 1 rings (SSSR count). The molecular weight excluding hydrogens is 88.1 g/mol. The van der Waals surface area contributed by atoms with Crippen LogP contribution in [0.3, 0.4) is 0 Å². The van der Waals surface area contributed by atoms with E-state index in [0.717, 1.165) is 0 Å². The third kappa shape index (κ3) is 0.734. The van der Waals surface area contributed by atoms with E-state index in [2.05, 4.69) is 16.6 Å². The van der Waals surface area contributed by atoms with Crippen molar-refractivity contribution in [3.63, 3.8) is 0 Å². The van der Waals surface area contributed by atoms with Crippen molar-refractivity contribution in [2.24, 2.45) is 4.99 Å². The van der Waals surface area contributed by atoms with Crippen molar-refractivity contribution >= 4 is 6.34 Å². The first-order valence-electron chi connectivity index (χ1n) is 2.45. The molecule has 1 aliphatic heterocycles. The van der Waals surface area contributed by atoms with Crippen LogP contribution in [-0.2, 0) is 0 Å². The fraction of sp³-hybridized carbons (Fsp3) is 0.800. The lowest BCUT2D eigenvalue weighted by atomic mass is 10.2. The van der Waals surface area contributed by atoms with Gasteiger partial charge in [-0.1, -0.05) is 0 Å². The van der Waals surface area contributed by atoms with Crippen molar-refractivity contribution < 1.29 is 0 Å². The molecule has 2 atom stereocenters. The van der Waals surface area contributed by atoms with E-state index >= 15 is 0 Å². The molecule has 2 heteroatoms. The van der Waals surface area contributed by atoms with Crippen LogP contribution in [0.15, 0.2) is 4.99 Å². The number of rotatable bonds is 0. The smallest absolute Gasteiger partial charge is 0.188 e. The van der Waals surface area contributed by atoms with Gasteiger partial charge in [-0.2, -0.15) is 0 Å². The van der Waals surface area contributed by atoms with Gasteiger partial charge < -0.3 is 0 Å². The summed E-state index contributed by atoms with van der Waals surface area (Å²) < 4.78 is 0. The molecule has 7 heavy (non-hydrogen) atoms. The van der Waals surface area contributed by atoms with Gasteiger partial charge in [-0.3, -0.25) is 10.3 Å². The van der Waals surface area contributed by atoms with E-state index in [0.29, 0.717) is 12.1 Å². The summed E-state index contributed by atoms with van der Waals surface area (Å²) in [6.45, 7) is 4.07. The van der Waals surface area contributed by atoms with Gasteiger partial charge in [-0.25, -0.2) is 0 Å². The Morgan fingerprint density at radius 1 is 1.29 bits per heavy atom. The van der Waals surface area contributed by atoms with E-state index in [9.17, 15) is 0 Å². The van der Waals surface area contributed by atoms with Crippen LogP contribution in [-0.4, -0.2) is 18.4 Å². The van der Waals surface area contributed by atoms with E-state index in [-0.39, 0.29) is 0 Å². The molecule has 0 saturated heterocycles. The molecule has 0 N–H and O–H groups in total. The molecule has 0 aromatic heterocycles. The molecule has 0 aromatic carbocycles. The molecule has 2 unspecified atom stereocenters. The van der Waals surface area contributed by atoms with Crippen molar-refractivity contribution in [1.82, 2.24) is 5.32 Å². The van der Waals surface area contributed by atoms with Crippen molar-refractivity contribution in [3.8, 4) is 0 Å². The Balaban J connectivity index is 2.45. The van der Waals surface area contributed by atoms with Crippen LogP contribution in [0.2, 0.25) is 0 Å². The summed E-state index contributed by atoms with van der Waals surface area (Å²) >= 11 is 0. The van der Waals surface area contributed by atoms with Gasteiger partial charge in [0.05, 0.1) is 12.1 Å². The van der Waals surface area contributed by atoms with Crippen molar-refractivity contribution in [3.05, 3.63) is 0 Å². The molecule has 38 valence electrons. The third-order valence-corrected chi connectivity index (χ3v) is 1.22. The molecule has 2 nitrogen and oxygen atoms in total. The quantitative estimate of drug-likeness (QED) is 0.414. The zero-order valence-electron chi connectivity index (χ0n) is 4.55. The summed E-state index contributed by atoms with van der Waals surface area (Å²) in [5.41, 5.74) is 0. The van der Waals surface area contributed by atoms with Crippen LogP contribution in [0.4, 0.5) is 0 Å². The van der Waals surface area contributed by atoms with Gasteiger partial charge >= 0.3 is 0 Å². The molecule has 0 spiro atoms. The number of nitrogens with zero attached hydrogens (tertiary/aromatic N) is 2. The summed E-state index contributed by atoms with van der Waals surface area (Å²) in [5, 5.41) is 3.90. The second kappa shape index (κ2) is 1.52. The Labute approximate surface area is 43.6 Å². The highest BCUT2D eigenvalue weighted by Crippen LogP contribution is 2.01. The van der Waals surface area contributed by atoms with E-state index in [1.807, 2.05) is 13.8 Å². The normalized spacial score (nSPS) is 38.6. The van der Waals surface area contributed by atoms with Gasteiger partial charge in [-0.05, 0) is 13.8 Å². The van der Waals surface area contributed by atoms with Crippen molar-refractivity contribution in [2.75, 3.05) is 0 Å². The van der Waals surface area contributed by atoms with Gasteiger partial charge in [0, 0.05) is 0 Å². The maximum atomic E-state index is 3.90. The lowest BCUT2D eigenvalue weighted by Gasteiger charge is -2.01. The summed E-state index contributed by atoms with van der Waals surface area (Å²) in [6.07, 6.45) is 2.57. The monoisotopic (exact) mass is 96.1 g/mol. The van der Waals surface area contributed by atoms with Crippen molar-refractivity contribution in [2.45, 2.75) is 25.9 Å². The first-order chi connectivity index (χ1) is 3.30. The largest absolute Gasteiger partial charge is 0.258 e. The fourth-order valence-electron chi connectivity index (χ4n) is 0.431. The minimum Gasteiger partial charge on any atom is -0.258 e. The van der Waals surface area contributed by atoms with Crippen molar-refractivity contribution in [1.29, 1.82) is 0 Å². The molecule has 1 heterocycles. The first-order valence-corrected chi connectivity index (χ1v) is 2.45. The molecule has 0 bridgehead atoms. The maximum absolute atomic E-state index is 3.90. The van der Waals surface area contributed by atoms with E-state index in [1.165, 1.54) is 0 Å². The number of hydrogen-bond donors (Lipinski definition) is 0. The van der Waals surface area contributed by atoms with Crippen LogP contribution < -0.4 is 5.32 Å². The topological polar surface area (TPSA) is 26.5 Å². The highest BCUT2D eigenvalue weighted by molar-refractivity contribution is 5.57. The molecule has 0 saturated carbocycles. The lowest BCUT2D eigenvalue weighted by Crippen LogP contribution is -2.19. The molecule has 0 aliphatic carbocycles. The van der Waals surface area contributed by atoms with Gasteiger partial charge in [-0.15, -0.1) is 0 Å². The molecule has 2 radical (unpaired) electrons. The zero-order valence-corrected chi connectivity index (χ0v) is 4.55. The predicted molar refractivity (Wildman–Crippen MR) is 28.5 cm³/mol. The number of hydrogen-bond acceptors (Lipinski definition) is 1. The predicted octanol–water partition coefficient (Wildman–Crippen LogP) is 0.287. The molecule has 0 fully saturated rings. The van der Waals surface area contributed by atoms with Gasteiger partial charge in [0.1, 0.15) is 0 Å². The number of aliphatic imine (C=N–C) groups is 1. The highest BCUT2D eigenvalue weighted by atomic mass is 15.1. The summed E-state index contributed by atoms with van der Waals surface area (Å²) in [7, 11) is 0. The zero-order chi connectivity index (χ0) is 5.28. The minimum atomic E-state index is 0.361. The maximum Gasteiger partial charge on any atom is 0.188 e. The highest BCUT2D eigenvalue weighted by Gasteiger charge is 2.14. The van der Waals surface area contributed by atoms with Crippen LogP contribution in [0.25, 0.3) is 0 Å². The van der Waals surface area contributed by atoms with E-state index in [1.54, 1.807) is 0 Å². The van der Waals surface area contributed by atoms with E-state index < -0.39 is 0 Å². The Hall–Kier alpha value is -0.530. The Bertz CT molecular complexity index is 88.1. The van der Waals surface area contributed by atoms with Gasteiger partial charge in [0.15, 0.2) is 6.34 Å². The first kappa shape index (κ1) is 4.62. The summed E-state index contributed by atoms with van der Waals surface area (Å²) in [5.74, 6) is 0. The van der Waals surface area contributed by atoms with E-state index in [4.69, 9.17) is 0 Å². The second-order valence-electron chi connectivity index (χ2n) is 1.84. The Morgan fingerprint density at radius 2 is 2.00 bits per heavy atom. The Morgan fingerprint density at radius 3 is 2.14 bits per heavy atom. The fourth-order valence-corrected chi connectivity index (χ4v) is 0.431. The minimum absolute atomic E-state index is 0.361. The molecule has 1 aliphatic rings. The average molecular weight is 96.1 g/mol. The third-order valence-electron chi connectivity index (χ3n) is 1.22. The molecule has 0 aromatic rings. The Kier molecular flexibility index (Phi) is 1.01. The lowest BCUT2D eigenvalue weighted by molar-refractivity contribution is 0.596. The molecule has 0 amide bonds. The van der Waals surface area contributed by atoms with Crippen LogP contribution >= 0.6 is 0 Å². The van der Waals surface area contributed by atoms with Gasteiger partial charge in [0.25, 0.3) is 0 Å². The average Bonchev–Trinajstić information content (AvgIpc) is 1.91. The SMILES string of the molecule is CC1[N][C]=NC1C.